The van der Waals surface area contributed by atoms with Crippen LogP contribution in [0.2, 0.25) is 0 Å². The lowest BCUT2D eigenvalue weighted by atomic mass is 9.96. The second kappa shape index (κ2) is 10.7. The van der Waals surface area contributed by atoms with Crippen LogP contribution in [-0.2, 0) is 6.54 Å². The monoisotopic (exact) mass is 460 g/mol. The second-order valence-corrected chi connectivity index (χ2v) is 9.11. The van der Waals surface area contributed by atoms with Gasteiger partial charge in [-0.3, -0.25) is 4.79 Å². The highest BCUT2D eigenvalue weighted by molar-refractivity contribution is 5.97. The first-order valence-corrected chi connectivity index (χ1v) is 11.9. The van der Waals surface area contributed by atoms with Crippen LogP contribution in [0, 0.1) is 18.3 Å². The molecule has 1 aliphatic heterocycles. The van der Waals surface area contributed by atoms with E-state index in [4.69, 9.17) is 11.2 Å². The van der Waals surface area contributed by atoms with Crippen LogP contribution in [0.3, 0.4) is 0 Å². The van der Waals surface area contributed by atoms with Crippen molar-refractivity contribution in [2.45, 2.75) is 58.6 Å². The standard InChI is InChI=1S/C26H32N6O2/c1-5-18(4)13-23(33)21-11-7-6-9-19(21)14-28-25-31-26(34-20-10-8-12-27-15-20)30-24-22(17(2)3)16-29-32(24)25/h1,6-7,9,11,16-18,20,27H,8,10,12-15H2,2-4H3,(H,28,30,31)/t18?,20-/m1/s1. The van der Waals surface area contributed by atoms with Crippen molar-refractivity contribution in [1.29, 1.82) is 0 Å². The smallest absolute Gasteiger partial charge is 0.322 e. The number of nitrogens with one attached hydrogen (secondary N) is 2. The Morgan fingerprint density at radius 3 is 2.88 bits per heavy atom. The van der Waals surface area contributed by atoms with Crippen LogP contribution < -0.4 is 15.4 Å². The molecule has 0 radical (unpaired) electrons. The molecule has 0 spiro atoms. The van der Waals surface area contributed by atoms with E-state index in [9.17, 15) is 4.79 Å². The molecule has 0 bridgehead atoms. The van der Waals surface area contributed by atoms with Gasteiger partial charge in [-0.15, -0.1) is 12.3 Å². The fourth-order valence-corrected chi connectivity index (χ4v) is 4.09. The molecule has 1 unspecified atom stereocenters. The van der Waals surface area contributed by atoms with Crippen molar-refractivity contribution in [2.24, 2.45) is 5.92 Å². The number of terminal acetylenes is 1. The van der Waals surface area contributed by atoms with Gasteiger partial charge in [-0.25, -0.2) is 0 Å². The maximum Gasteiger partial charge on any atom is 0.322 e. The third kappa shape index (κ3) is 5.37. The number of ether oxygens (including phenoxy) is 1. The summed E-state index contributed by atoms with van der Waals surface area (Å²) in [5.74, 6) is 3.33. The van der Waals surface area contributed by atoms with Gasteiger partial charge in [0.1, 0.15) is 6.10 Å². The number of nitrogens with zero attached hydrogens (tertiary/aromatic N) is 4. The van der Waals surface area contributed by atoms with Gasteiger partial charge in [0.25, 0.3) is 0 Å². The van der Waals surface area contributed by atoms with E-state index < -0.39 is 0 Å². The largest absolute Gasteiger partial charge is 0.459 e. The van der Waals surface area contributed by atoms with Gasteiger partial charge >= 0.3 is 6.01 Å². The van der Waals surface area contributed by atoms with Crippen LogP contribution >= 0.6 is 0 Å². The Hall–Kier alpha value is -3.44. The van der Waals surface area contributed by atoms with Gasteiger partial charge in [0.15, 0.2) is 11.4 Å². The Morgan fingerprint density at radius 2 is 2.15 bits per heavy atom. The number of benzene rings is 1. The van der Waals surface area contributed by atoms with E-state index in [2.05, 4.69) is 45.5 Å². The molecule has 8 heteroatoms. The highest BCUT2D eigenvalue weighted by atomic mass is 16.5. The minimum Gasteiger partial charge on any atom is -0.459 e. The zero-order chi connectivity index (χ0) is 24.1. The molecular formula is C26H32N6O2. The molecule has 1 fully saturated rings. The van der Waals surface area contributed by atoms with Crippen molar-refractivity contribution in [3.05, 3.63) is 47.2 Å². The van der Waals surface area contributed by atoms with E-state index >= 15 is 0 Å². The first-order valence-electron chi connectivity index (χ1n) is 11.9. The molecule has 3 heterocycles. The fraction of sp³-hybridized carbons (Fsp3) is 0.462. The zero-order valence-corrected chi connectivity index (χ0v) is 20.0. The molecule has 1 saturated heterocycles. The van der Waals surface area contributed by atoms with Crippen LogP contribution in [0.15, 0.2) is 30.5 Å². The summed E-state index contributed by atoms with van der Waals surface area (Å²) >= 11 is 0. The van der Waals surface area contributed by atoms with Crippen molar-refractivity contribution in [3.8, 4) is 18.4 Å². The summed E-state index contributed by atoms with van der Waals surface area (Å²) in [6, 6.07) is 7.90. The zero-order valence-electron chi connectivity index (χ0n) is 20.0. The lowest BCUT2D eigenvalue weighted by Gasteiger charge is -2.23. The first-order chi connectivity index (χ1) is 16.5. The minimum absolute atomic E-state index is 0.0330. The average molecular weight is 461 g/mol. The van der Waals surface area contributed by atoms with Gasteiger partial charge in [0, 0.05) is 36.6 Å². The molecule has 2 atom stereocenters. The predicted octanol–water partition coefficient (Wildman–Crippen LogP) is 3.83. The highest BCUT2D eigenvalue weighted by Gasteiger charge is 2.20. The van der Waals surface area contributed by atoms with E-state index in [1.807, 2.05) is 37.4 Å². The Labute approximate surface area is 200 Å². The number of ketones is 1. The van der Waals surface area contributed by atoms with Gasteiger partial charge in [-0.2, -0.15) is 19.6 Å². The lowest BCUT2D eigenvalue weighted by molar-refractivity contribution is 0.0972. The van der Waals surface area contributed by atoms with Gasteiger partial charge in [0.05, 0.1) is 6.20 Å². The molecule has 1 aromatic carbocycles. The summed E-state index contributed by atoms with van der Waals surface area (Å²) in [5.41, 5.74) is 3.28. The van der Waals surface area contributed by atoms with Crippen LogP contribution in [0.25, 0.3) is 5.65 Å². The number of rotatable bonds is 9. The fourth-order valence-electron chi connectivity index (χ4n) is 4.09. The number of piperidine rings is 1. The average Bonchev–Trinajstić information content (AvgIpc) is 3.27. The van der Waals surface area contributed by atoms with Crippen molar-refractivity contribution >= 4 is 17.4 Å². The summed E-state index contributed by atoms with van der Waals surface area (Å²) in [6.45, 7) is 8.28. The number of Topliss-reactive ketones (excluding diaryl/α,β-unsaturated/α-hetero) is 1. The molecule has 34 heavy (non-hydrogen) atoms. The lowest BCUT2D eigenvalue weighted by Crippen LogP contribution is -2.37. The molecule has 0 saturated carbocycles. The summed E-state index contributed by atoms with van der Waals surface area (Å²) in [4.78, 5) is 22.1. The first kappa shape index (κ1) is 23.7. The van der Waals surface area contributed by atoms with E-state index in [1.165, 1.54) is 0 Å². The number of aromatic nitrogens is 4. The number of carbonyl (C=O) groups is 1. The maximum absolute atomic E-state index is 12.8. The van der Waals surface area contributed by atoms with E-state index in [0.717, 1.165) is 42.7 Å². The molecule has 178 valence electrons. The molecule has 0 aliphatic carbocycles. The molecule has 1 aliphatic rings. The highest BCUT2D eigenvalue weighted by Crippen LogP contribution is 2.24. The van der Waals surface area contributed by atoms with Gasteiger partial charge in [-0.05, 0) is 30.9 Å². The van der Waals surface area contributed by atoms with Crippen LogP contribution in [-0.4, -0.2) is 44.6 Å². The van der Waals surface area contributed by atoms with Crippen LogP contribution in [0.1, 0.15) is 67.4 Å². The third-order valence-electron chi connectivity index (χ3n) is 6.05. The number of anilines is 1. The summed E-state index contributed by atoms with van der Waals surface area (Å²) in [5, 5.41) is 11.2. The summed E-state index contributed by atoms with van der Waals surface area (Å²) in [7, 11) is 0. The van der Waals surface area contributed by atoms with E-state index in [-0.39, 0.29) is 23.7 Å². The van der Waals surface area contributed by atoms with Crippen molar-refractivity contribution < 1.29 is 9.53 Å². The molecule has 8 nitrogen and oxygen atoms in total. The Balaban J connectivity index is 1.62. The third-order valence-corrected chi connectivity index (χ3v) is 6.05. The maximum atomic E-state index is 12.8. The van der Waals surface area contributed by atoms with E-state index in [1.54, 1.807) is 4.52 Å². The molecule has 0 amide bonds. The SMILES string of the molecule is C#CC(C)CC(=O)c1ccccc1CNc1nc(O[C@@H]2CCCNC2)nc2c(C(C)C)cnn12. The van der Waals surface area contributed by atoms with E-state index in [0.29, 0.717) is 30.5 Å². The number of hydrogen-bond acceptors (Lipinski definition) is 7. The molecule has 4 rings (SSSR count). The minimum atomic E-state index is -0.109. The van der Waals surface area contributed by atoms with Crippen molar-refractivity contribution in [1.82, 2.24) is 24.9 Å². The predicted molar refractivity (Wildman–Crippen MR) is 132 cm³/mol. The quantitative estimate of drug-likeness (QED) is 0.370. The number of carbonyl (C=O) groups excluding carboxylic acids is 1. The Bertz CT molecular complexity index is 1190. The summed E-state index contributed by atoms with van der Waals surface area (Å²) < 4.78 is 7.84. The molecular weight excluding hydrogens is 428 g/mol. The van der Waals surface area contributed by atoms with Gasteiger partial charge < -0.3 is 15.4 Å². The van der Waals surface area contributed by atoms with Gasteiger partial charge in [-0.1, -0.05) is 45.0 Å². The molecule has 2 aromatic heterocycles. The summed E-state index contributed by atoms with van der Waals surface area (Å²) in [6.07, 6.45) is 9.67. The number of hydrogen-bond donors (Lipinski definition) is 2. The van der Waals surface area contributed by atoms with Gasteiger partial charge in [0.2, 0.25) is 5.95 Å². The van der Waals surface area contributed by atoms with Crippen LogP contribution in [0.4, 0.5) is 5.95 Å². The molecule has 3 aromatic rings. The second-order valence-electron chi connectivity index (χ2n) is 9.11. The van der Waals surface area contributed by atoms with Crippen molar-refractivity contribution in [2.75, 3.05) is 18.4 Å². The topological polar surface area (TPSA) is 93.4 Å². The number of fused-ring (bicyclic) bond motifs is 1. The Morgan fingerprint density at radius 1 is 1.32 bits per heavy atom. The van der Waals surface area contributed by atoms with Crippen molar-refractivity contribution in [3.63, 3.8) is 0 Å². The molecule has 2 N–H and O–H groups in total. The normalized spacial score (nSPS) is 16.9. The Kier molecular flexibility index (Phi) is 7.43. The van der Waals surface area contributed by atoms with Crippen LogP contribution in [0.5, 0.6) is 6.01 Å².